The lowest BCUT2D eigenvalue weighted by atomic mass is 10.0. The Hall–Kier alpha value is -2.59. The third-order valence-electron chi connectivity index (χ3n) is 3.78. The number of hydrogen-bond donors (Lipinski definition) is 0. The molecule has 7 heteroatoms. The summed E-state index contributed by atoms with van der Waals surface area (Å²) in [6, 6.07) is 21.7. The molecule has 0 unspecified atom stereocenters. The van der Waals surface area contributed by atoms with Crippen LogP contribution in [0.25, 0.3) is 11.6 Å². The third kappa shape index (κ3) is 4.82. The van der Waals surface area contributed by atoms with E-state index in [4.69, 9.17) is 15.8 Å². The van der Waals surface area contributed by atoms with Crippen LogP contribution < -0.4 is 4.18 Å². The maximum absolute atomic E-state index is 12.6. The second-order valence-corrected chi connectivity index (χ2v) is 8.61. The van der Waals surface area contributed by atoms with Gasteiger partial charge in [-0.15, -0.1) is 0 Å². The summed E-state index contributed by atoms with van der Waals surface area (Å²) in [5, 5.41) is 10.1. The first-order chi connectivity index (χ1) is 13.4. The quantitative estimate of drug-likeness (QED) is 0.261. The third-order valence-corrected chi connectivity index (χ3v) is 5.77. The van der Waals surface area contributed by atoms with Crippen LogP contribution in [-0.2, 0) is 10.1 Å². The van der Waals surface area contributed by atoms with Crippen LogP contribution in [-0.4, -0.2) is 8.42 Å². The SMILES string of the molecule is N#C/C(=C\c1cc(Br)ccc1OS(=O)(=O)c1ccccc1)c1ccc(Cl)cc1. The van der Waals surface area contributed by atoms with Crippen molar-refractivity contribution in [2.45, 2.75) is 4.90 Å². The predicted molar refractivity (Wildman–Crippen MR) is 113 cm³/mol. The molecule has 0 aliphatic carbocycles. The fourth-order valence-electron chi connectivity index (χ4n) is 2.43. The predicted octanol–water partition coefficient (Wildman–Crippen LogP) is 5.93. The Kier molecular flexibility index (Phi) is 6.20. The van der Waals surface area contributed by atoms with Crippen LogP contribution in [0.15, 0.2) is 82.2 Å². The fourth-order valence-corrected chi connectivity index (χ4v) is 3.91. The van der Waals surface area contributed by atoms with Gasteiger partial charge in [-0.25, -0.2) is 0 Å². The van der Waals surface area contributed by atoms with E-state index in [1.165, 1.54) is 18.2 Å². The number of halogens is 2. The number of nitrogens with zero attached hydrogens (tertiary/aromatic N) is 1. The van der Waals surface area contributed by atoms with Crippen molar-refractivity contribution >= 4 is 49.3 Å². The molecule has 0 saturated heterocycles. The lowest BCUT2D eigenvalue weighted by Crippen LogP contribution is -2.10. The highest BCUT2D eigenvalue weighted by Crippen LogP contribution is 2.30. The van der Waals surface area contributed by atoms with Gasteiger partial charge in [0.25, 0.3) is 0 Å². The summed E-state index contributed by atoms with van der Waals surface area (Å²) in [4.78, 5) is 0.0473. The Morgan fingerprint density at radius 2 is 1.71 bits per heavy atom. The topological polar surface area (TPSA) is 67.2 Å². The van der Waals surface area contributed by atoms with Gasteiger partial charge in [-0.1, -0.05) is 57.9 Å². The second kappa shape index (κ2) is 8.61. The van der Waals surface area contributed by atoms with Gasteiger partial charge in [0.2, 0.25) is 0 Å². The van der Waals surface area contributed by atoms with Gasteiger partial charge < -0.3 is 4.18 Å². The standard InChI is InChI=1S/C21H13BrClNO3S/c22-18-8-11-21(27-28(25,26)20-4-2-1-3-5-20)16(13-18)12-17(14-24)15-6-9-19(23)10-7-15/h1-13H/b17-12+. The zero-order valence-electron chi connectivity index (χ0n) is 14.3. The van der Waals surface area contributed by atoms with Crippen LogP contribution in [0, 0.1) is 11.3 Å². The molecule has 0 fully saturated rings. The van der Waals surface area contributed by atoms with E-state index < -0.39 is 10.1 Å². The van der Waals surface area contributed by atoms with E-state index in [1.807, 2.05) is 0 Å². The average Bonchev–Trinajstić information content (AvgIpc) is 2.69. The summed E-state index contributed by atoms with van der Waals surface area (Å²) in [7, 11) is -4.01. The first kappa shape index (κ1) is 20.2. The van der Waals surface area contributed by atoms with Crippen LogP contribution >= 0.6 is 27.5 Å². The maximum atomic E-state index is 12.6. The summed E-state index contributed by atoms with van der Waals surface area (Å²) >= 11 is 9.27. The first-order valence-electron chi connectivity index (χ1n) is 8.06. The molecule has 4 nitrogen and oxygen atoms in total. The molecule has 0 atom stereocenters. The van der Waals surface area contributed by atoms with Crippen molar-refractivity contribution in [2.75, 3.05) is 0 Å². The Balaban J connectivity index is 2.04. The van der Waals surface area contributed by atoms with E-state index in [0.717, 1.165) is 4.47 Å². The maximum Gasteiger partial charge on any atom is 0.339 e. The molecule has 0 bridgehead atoms. The van der Waals surface area contributed by atoms with Crippen LogP contribution in [0.4, 0.5) is 0 Å². The van der Waals surface area contributed by atoms with E-state index in [0.29, 0.717) is 21.7 Å². The summed E-state index contributed by atoms with van der Waals surface area (Å²) in [5.74, 6) is 0.119. The van der Waals surface area contributed by atoms with E-state index in [2.05, 4.69) is 22.0 Å². The summed E-state index contributed by atoms with van der Waals surface area (Å²) in [6.07, 6.45) is 1.57. The highest BCUT2D eigenvalue weighted by molar-refractivity contribution is 9.10. The molecule has 3 aromatic rings. The van der Waals surface area contributed by atoms with Crippen molar-refractivity contribution in [2.24, 2.45) is 0 Å². The van der Waals surface area contributed by atoms with Gasteiger partial charge in [0, 0.05) is 15.1 Å². The average molecular weight is 475 g/mol. The summed E-state index contributed by atoms with van der Waals surface area (Å²) in [5.41, 5.74) is 1.45. The molecule has 0 aromatic heterocycles. The van der Waals surface area contributed by atoms with Gasteiger partial charge >= 0.3 is 10.1 Å². The molecule has 0 saturated carbocycles. The molecule has 0 N–H and O–H groups in total. The molecule has 0 aliphatic rings. The number of benzene rings is 3. The number of allylic oxidation sites excluding steroid dienone is 1. The minimum atomic E-state index is -4.01. The first-order valence-corrected chi connectivity index (χ1v) is 10.6. The lowest BCUT2D eigenvalue weighted by molar-refractivity contribution is 0.485. The van der Waals surface area contributed by atoms with E-state index in [9.17, 15) is 13.7 Å². The van der Waals surface area contributed by atoms with Crippen molar-refractivity contribution in [1.29, 1.82) is 5.26 Å². The van der Waals surface area contributed by atoms with Crippen LogP contribution in [0.3, 0.4) is 0 Å². The molecular formula is C21H13BrClNO3S. The molecule has 3 aromatic carbocycles. The van der Waals surface area contributed by atoms with Crippen LogP contribution in [0.2, 0.25) is 5.02 Å². The van der Waals surface area contributed by atoms with Gasteiger partial charge in [-0.05, 0) is 54.1 Å². The monoisotopic (exact) mass is 473 g/mol. The summed E-state index contributed by atoms with van der Waals surface area (Å²) in [6.45, 7) is 0. The van der Waals surface area contributed by atoms with Crippen molar-refractivity contribution in [3.8, 4) is 11.8 Å². The smallest absolute Gasteiger partial charge is 0.339 e. The number of nitriles is 1. The highest BCUT2D eigenvalue weighted by Gasteiger charge is 2.18. The van der Waals surface area contributed by atoms with E-state index in [1.54, 1.807) is 60.7 Å². The van der Waals surface area contributed by atoms with Crippen molar-refractivity contribution in [3.05, 3.63) is 93.4 Å². The van der Waals surface area contributed by atoms with Gasteiger partial charge in [-0.2, -0.15) is 13.7 Å². The Morgan fingerprint density at radius 3 is 2.36 bits per heavy atom. The van der Waals surface area contributed by atoms with Crippen LogP contribution in [0.5, 0.6) is 5.75 Å². The van der Waals surface area contributed by atoms with E-state index >= 15 is 0 Å². The van der Waals surface area contributed by atoms with Gasteiger partial charge in [-0.3, -0.25) is 0 Å². The fraction of sp³-hybridized carbons (Fsp3) is 0. The second-order valence-electron chi connectivity index (χ2n) is 5.71. The Labute approximate surface area is 176 Å². The molecule has 3 rings (SSSR count). The zero-order chi connectivity index (χ0) is 20.1. The molecule has 28 heavy (non-hydrogen) atoms. The van der Waals surface area contributed by atoms with Gasteiger partial charge in [0.1, 0.15) is 10.6 Å². The van der Waals surface area contributed by atoms with Crippen LogP contribution in [0.1, 0.15) is 11.1 Å². The minimum Gasteiger partial charge on any atom is -0.378 e. The zero-order valence-corrected chi connectivity index (χ0v) is 17.5. The molecule has 0 aliphatic heterocycles. The lowest BCUT2D eigenvalue weighted by Gasteiger charge is -2.11. The van der Waals surface area contributed by atoms with Crippen molar-refractivity contribution in [1.82, 2.24) is 0 Å². The van der Waals surface area contributed by atoms with Crippen molar-refractivity contribution in [3.63, 3.8) is 0 Å². The molecule has 0 radical (unpaired) electrons. The number of rotatable bonds is 5. The van der Waals surface area contributed by atoms with E-state index in [-0.39, 0.29) is 10.6 Å². The Bertz CT molecular complexity index is 1170. The molecule has 0 spiro atoms. The molecule has 140 valence electrons. The number of hydrogen-bond acceptors (Lipinski definition) is 4. The minimum absolute atomic E-state index is 0.0473. The summed E-state index contributed by atoms with van der Waals surface area (Å²) < 4.78 is 31.2. The largest absolute Gasteiger partial charge is 0.378 e. The molecular weight excluding hydrogens is 462 g/mol. The van der Waals surface area contributed by atoms with Gasteiger partial charge in [0.05, 0.1) is 11.6 Å². The molecule has 0 amide bonds. The Morgan fingerprint density at radius 1 is 1.04 bits per heavy atom. The van der Waals surface area contributed by atoms with Gasteiger partial charge in [0.15, 0.2) is 0 Å². The molecule has 0 heterocycles. The highest BCUT2D eigenvalue weighted by atomic mass is 79.9. The normalized spacial score (nSPS) is 11.7. The van der Waals surface area contributed by atoms with Crippen molar-refractivity contribution < 1.29 is 12.6 Å².